The van der Waals surface area contributed by atoms with Crippen LogP contribution < -0.4 is 16.0 Å². The molecule has 0 saturated carbocycles. The van der Waals surface area contributed by atoms with Crippen LogP contribution in [0.3, 0.4) is 0 Å². The molecule has 1 amide bonds. The minimum atomic E-state index is -0.225. The molecule has 1 aromatic carbocycles. The molecular weight excluding hydrogens is 266 g/mol. The summed E-state index contributed by atoms with van der Waals surface area (Å²) in [5.74, 6) is -0.225. The average Bonchev–Trinajstić information content (AvgIpc) is 2.93. The Morgan fingerprint density at radius 2 is 2.33 bits per heavy atom. The van der Waals surface area contributed by atoms with Gasteiger partial charge in [-0.1, -0.05) is 12.1 Å². The highest BCUT2D eigenvalue weighted by Crippen LogP contribution is 2.29. The zero-order valence-corrected chi connectivity index (χ0v) is 12.9. The summed E-state index contributed by atoms with van der Waals surface area (Å²) >= 11 is 0. The standard InChI is InChI=1S/C16H25N3O2/c1-12-10-13(11-18-7-9-21-2)5-6-14(12)19-8-3-4-15(19)16(17)20/h5-6,10,15,18H,3-4,7-9,11H2,1-2H3,(H2,17,20). The minimum absolute atomic E-state index is 0.158. The van der Waals surface area contributed by atoms with Crippen molar-refractivity contribution < 1.29 is 9.53 Å². The Bertz CT molecular complexity index is 490. The van der Waals surface area contributed by atoms with E-state index in [1.807, 2.05) is 0 Å². The van der Waals surface area contributed by atoms with Gasteiger partial charge in [0.15, 0.2) is 0 Å². The SMILES string of the molecule is COCCNCc1ccc(N2CCCC2C(N)=O)c(C)c1. The van der Waals surface area contributed by atoms with Gasteiger partial charge < -0.3 is 20.7 Å². The van der Waals surface area contributed by atoms with Crippen LogP contribution in [0.1, 0.15) is 24.0 Å². The second-order valence-corrected chi connectivity index (χ2v) is 5.54. The van der Waals surface area contributed by atoms with Gasteiger partial charge in [0, 0.05) is 32.4 Å². The molecule has 1 unspecified atom stereocenters. The van der Waals surface area contributed by atoms with Crippen molar-refractivity contribution in [3.8, 4) is 0 Å². The molecule has 2 rings (SSSR count). The normalized spacial score (nSPS) is 18.2. The molecule has 0 aromatic heterocycles. The lowest BCUT2D eigenvalue weighted by atomic mass is 10.1. The Morgan fingerprint density at radius 3 is 3.00 bits per heavy atom. The van der Waals surface area contributed by atoms with Crippen molar-refractivity contribution in [2.75, 3.05) is 31.7 Å². The first-order valence-electron chi connectivity index (χ1n) is 7.48. The number of rotatable bonds is 7. The highest BCUT2D eigenvalue weighted by atomic mass is 16.5. The lowest BCUT2D eigenvalue weighted by molar-refractivity contribution is -0.119. The molecule has 1 aliphatic rings. The van der Waals surface area contributed by atoms with Gasteiger partial charge in [-0.3, -0.25) is 4.79 Å². The molecule has 0 aliphatic carbocycles. The highest BCUT2D eigenvalue weighted by Gasteiger charge is 2.29. The number of hydrogen-bond acceptors (Lipinski definition) is 4. The number of nitrogens with two attached hydrogens (primary N) is 1. The molecule has 1 atom stereocenters. The van der Waals surface area contributed by atoms with Crippen molar-refractivity contribution in [3.05, 3.63) is 29.3 Å². The first-order valence-corrected chi connectivity index (χ1v) is 7.48. The maximum atomic E-state index is 11.5. The predicted molar refractivity (Wildman–Crippen MR) is 84.3 cm³/mol. The molecule has 0 bridgehead atoms. The van der Waals surface area contributed by atoms with E-state index in [0.717, 1.165) is 38.2 Å². The number of primary amides is 1. The summed E-state index contributed by atoms with van der Waals surface area (Å²) in [6, 6.07) is 6.22. The van der Waals surface area contributed by atoms with Crippen molar-refractivity contribution in [3.63, 3.8) is 0 Å². The van der Waals surface area contributed by atoms with E-state index >= 15 is 0 Å². The van der Waals surface area contributed by atoms with Gasteiger partial charge >= 0.3 is 0 Å². The molecule has 116 valence electrons. The molecule has 0 radical (unpaired) electrons. The maximum Gasteiger partial charge on any atom is 0.240 e. The Labute approximate surface area is 126 Å². The van der Waals surface area contributed by atoms with Crippen LogP contribution in [0.4, 0.5) is 5.69 Å². The lowest BCUT2D eigenvalue weighted by Crippen LogP contribution is -2.40. The third-order valence-corrected chi connectivity index (χ3v) is 3.96. The monoisotopic (exact) mass is 291 g/mol. The lowest BCUT2D eigenvalue weighted by Gasteiger charge is -2.26. The van der Waals surface area contributed by atoms with Crippen molar-refractivity contribution in [2.24, 2.45) is 5.73 Å². The molecule has 3 N–H and O–H groups in total. The van der Waals surface area contributed by atoms with E-state index in [-0.39, 0.29) is 11.9 Å². The van der Waals surface area contributed by atoms with Gasteiger partial charge in [-0.2, -0.15) is 0 Å². The van der Waals surface area contributed by atoms with Crippen LogP contribution in [0.25, 0.3) is 0 Å². The van der Waals surface area contributed by atoms with Crippen molar-refractivity contribution >= 4 is 11.6 Å². The van der Waals surface area contributed by atoms with Crippen LogP contribution in [0.5, 0.6) is 0 Å². The van der Waals surface area contributed by atoms with Gasteiger partial charge in [0.25, 0.3) is 0 Å². The Morgan fingerprint density at radius 1 is 1.52 bits per heavy atom. The number of methoxy groups -OCH3 is 1. The topological polar surface area (TPSA) is 67.6 Å². The molecule has 21 heavy (non-hydrogen) atoms. The molecule has 5 heteroatoms. The number of benzene rings is 1. The van der Waals surface area contributed by atoms with Gasteiger partial charge in [0.05, 0.1) is 6.61 Å². The van der Waals surface area contributed by atoms with Crippen LogP contribution in [-0.4, -0.2) is 38.8 Å². The number of carbonyl (C=O) groups is 1. The van der Waals surface area contributed by atoms with Crippen LogP contribution in [-0.2, 0) is 16.1 Å². The Kier molecular flexibility index (Phi) is 5.59. The summed E-state index contributed by atoms with van der Waals surface area (Å²) < 4.78 is 5.01. The third-order valence-electron chi connectivity index (χ3n) is 3.96. The number of nitrogens with zero attached hydrogens (tertiary/aromatic N) is 1. The third kappa shape index (κ3) is 3.95. The smallest absolute Gasteiger partial charge is 0.240 e. The van der Waals surface area contributed by atoms with Crippen LogP contribution in [0.2, 0.25) is 0 Å². The van der Waals surface area contributed by atoms with E-state index in [1.165, 1.54) is 11.1 Å². The van der Waals surface area contributed by atoms with Crippen LogP contribution in [0.15, 0.2) is 18.2 Å². The molecular formula is C16H25N3O2. The van der Waals surface area contributed by atoms with E-state index < -0.39 is 0 Å². The van der Waals surface area contributed by atoms with Gasteiger partial charge in [-0.15, -0.1) is 0 Å². The Balaban J connectivity index is 2.03. The number of aryl methyl sites for hydroxylation is 1. The van der Waals surface area contributed by atoms with Gasteiger partial charge in [-0.25, -0.2) is 0 Å². The predicted octanol–water partition coefficient (Wildman–Crippen LogP) is 1.19. The Hall–Kier alpha value is -1.59. The van der Waals surface area contributed by atoms with Gasteiger partial charge in [0.2, 0.25) is 5.91 Å². The van der Waals surface area contributed by atoms with E-state index in [2.05, 4.69) is 35.3 Å². The number of anilines is 1. The van der Waals surface area contributed by atoms with Gasteiger partial charge in [0.1, 0.15) is 6.04 Å². The first kappa shape index (κ1) is 15.8. The summed E-state index contributed by atoms with van der Waals surface area (Å²) in [5, 5.41) is 3.33. The fourth-order valence-corrected chi connectivity index (χ4v) is 2.91. The quantitative estimate of drug-likeness (QED) is 0.740. The first-order chi connectivity index (χ1) is 10.1. The fourth-order valence-electron chi connectivity index (χ4n) is 2.91. The van der Waals surface area contributed by atoms with E-state index in [4.69, 9.17) is 10.5 Å². The average molecular weight is 291 g/mol. The van der Waals surface area contributed by atoms with E-state index in [0.29, 0.717) is 6.61 Å². The summed E-state index contributed by atoms with van der Waals surface area (Å²) in [6.07, 6.45) is 1.88. The molecule has 1 heterocycles. The van der Waals surface area contributed by atoms with Crippen molar-refractivity contribution in [1.82, 2.24) is 5.32 Å². The number of nitrogens with one attached hydrogen (secondary N) is 1. The zero-order chi connectivity index (χ0) is 15.2. The number of amides is 1. The molecule has 0 spiro atoms. The highest BCUT2D eigenvalue weighted by molar-refractivity contribution is 5.84. The number of ether oxygens (including phenoxy) is 1. The minimum Gasteiger partial charge on any atom is -0.383 e. The maximum absolute atomic E-state index is 11.5. The molecule has 5 nitrogen and oxygen atoms in total. The second kappa shape index (κ2) is 7.43. The van der Waals surface area contributed by atoms with Crippen LogP contribution >= 0.6 is 0 Å². The summed E-state index contributed by atoms with van der Waals surface area (Å²) in [7, 11) is 1.70. The summed E-state index contributed by atoms with van der Waals surface area (Å²) in [5.41, 5.74) is 9.05. The summed E-state index contributed by atoms with van der Waals surface area (Å²) in [6.45, 7) is 5.37. The molecule has 1 aromatic rings. The van der Waals surface area contributed by atoms with E-state index in [9.17, 15) is 4.79 Å². The van der Waals surface area contributed by atoms with Crippen molar-refractivity contribution in [2.45, 2.75) is 32.4 Å². The van der Waals surface area contributed by atoms with Gasteiger partial charge in [-0.05, 0) is 37.0 Å². The van der Waals surface area contributed by atoms with Crippen molar-refractivity contribution in [1.29, 1.82) is 0 Å². The fraction of sp³-hybridized carbons (Fsp3) is 0.562. The molecule has 1 fully saturated rings. The number of carbonyl (C=O) groups excluding carboxylic acids is 1. The largest absolute Gasteiger partial charge is 0.383 e. The van der Waals surface area contributed by atoms with E-state index in [1.54, 1.807) is 7.11 Å². The molecule has 1 aliphatic heterocycles. The zero-order valence-electron chi connectivity index (χ0n) is 12.9. The number of hydrogen-bond donors (Lipinski definition) is 2. The van der Waals surface area contributed by atoms with Crippen LogP contribution in [0, 0.1) is 6.92 Å². The molecule has 1 saturated heterocycles. The second-order valence-electron chi connectivity index (χ2n) is 5.54. The summed E-state index contributed by atoms with van der Waals surface area (Å²) in [4.78, 5) is 13.7.